The molecule has 0 bridgehead atoms. The Kier molecular flexibility index (Phi) is 3.58. The summed E-state index contributed by atoms with van der Waals surface area (Å²) < 4.78 is 18.9. The Balaban J connectivity index is 2.36. The molecule has 1 heterocycles. The number of rotatable bonds is 2. The monoisotopic (exact) mass is 306 g/mol. The Hall–Kier alpha value is -1.93. The van der Waals surface area contributed by atoms with Gasteiger partial charge < -0.3 is 4.74 Å². The number of benzene rings is 1. The molecule has 1 aromatic heterocycles. The number of ether oxygens (including phenoxy) is 1. The van der Waals surface area contributed by atoms with Crippen molar-refractivity contribution in [2.45, 2.75) is 6.92 Å². The number of aromatic nitrogens is 1. The first-order valence-electron chi connectivity index (χ1n) is 5.11. The van der Waals surface area contributed by atoms with E-state index in [9.17, 15) is 4.39 Å². The fourth-order valence-corrected chi connectivity index (χ4v) is 1.71. The largest absolute Gasteiger partial charge is 0.438 e. The molecule has 0 N–H and O–H groups in total. The highest BCUT2D eigenvalue weighted by Gasteiger charge is 2.08. The molecule has 0 radical (unpaired) electrons. The Labute approximate surface area is 112 Å². The highest BCUT2D eigenvalue weighted by atomic mass is 79.9. The van der Waals surface area contributed by atoms with Gasteiger partial charge >= 0.3 is 0 Å². The summed E-state index contributed by atoms with van der Waals surface area (Å²) in [6.45, 7) is 1.80. The van der Waals surface area contributed by atoms with Gasteiger partial charge in [0.15, 0.2) is 0 Å². The molecule has 0 unspecified atom stereocenters. The van der Waals surface area contributed by atoms with E-state index in [2.05, 4.69) is 20.9 Å². The first kappa shape index (κ1) is 12.5. The fraction of sp³-hybridized carbons (Fsp3) is 0.0769. The minimum atomic E-state index is -0.375. The molecule has 0 fully saturated rings. The van der Waals surface area contributed by atoms with Crippen LogP contribution >= 0.6 is 15.9 Å². The molecule has 0 aliphatic rings. The van der Waals surface area contributed by atoms with Gasteiger partial charge in [0.25, 0.3) is 0 Å². The molecule has 90 valence electrons. The maximum atomic E-state index is 13.1. The van der Waals surface area contributed by atoms with Crippen molar-refractivity contribution in [1.82, 2.24) is 4.98 Å². The molecule has 0 saturated heterocycles. The van der Waals surface area contributed by atoms with Crippen LogP contribution in [0.2, 0.25) is 0 Å². The molecule has 5 heteroatoms. The lowest BCUT2D eigenvalue weighted by Crippen LogP contribution is -1.94. The third-order valence-corrected chi connectivity index (χ3v) is 2.83. The number of aryl methyl sites for hydroxylation is 1. The molecule has 2 rings (SSSR count). The highest BCUT2D eigenvalue weighted by molar-refractivity contribution is 9.10. The van der Waals surface area contributed by atoms with Crippen LogP contribution in [0.3, 0.4) is 0 Å². The summed E-state index contributed by atoms with van der Waals surface area (Å²) >= 11 is 3.07. The predicted molar refractivity (Wildman–Crippen MR) is 67.9 cm³/mol. The van der Waals surface area contributed by atoms with Crippen molar-refractivity contribution in [2.75, 3.05) is 0 Å². The van der Waals surface area contributed by atoms with Crippen molar-refractivity contribution in [3.05, 3.63) is 51.9 Å². The van der Waals surface area contributed by atoms with Crippen molar-refractivity contribution in [3.63, 3.8) is 0 Å². The molecule has 0 aliphatic carbocycles. The number of pyridine rings is 1. The number of nitrogens with zero attached hydrogens (tertiary/aromatic N) is 2. The summed E-state index contributed by atoms with van der Waals surface area (Å²) in [5.74, 6) is 0.258. The molecular formula is C13H8BrFN2O. The van der Waals surface area contributed by atoms with Crippen LogP contribution in [-0.4, -0.2) is 4.98 Å². The summed E-state index contributed by atoms with van der Waals surface area (Å²) in [6.07, 6.45) is 0. The molecule has 0 aliphatic heterocycles. The second-order valence-corrected chi connectivity index (χ2v) is 4.45. The van der Waals surface area contributed by atoms with E-state index in [0.29, 0.717) is 15.8 Å². The zero-order valence-electron chi connectivity index (χ0n) is 9.45. The van der Waals surface area contributed by atoms with Gasteiger partial charge in [-0.3, -0.25) is 0 Å². The fourth-order valence-electron chi connectivity index (χ4n) is 1.35. The summed E-state index contributed by atoms with van der Waals surface area (Å²) in [5, 5.41) is 8.95. The average molecular weight is 307 g/mol. The molecule has 18 heavy (non-hydrogen) atoms. The third kappa shape index (κ3) is 2.66. The molecule has 0 saturated carbocycles. The SMILES string of the molecule is Cc1ccc(C#N)c(Oc2ccc(F)c(Br)c2)n1. The first-order chi connectivity index (χ1) is 8.60. The number of hydrogen-bond donors (Lipinski definition) is 0. The maximum Gasteiger partial charge on any atom is 0.237 e. The average Bonchev–Trinajstić information content (AvgIpc) is 2.34. The zero-order chi connectivity index (χ0) is 13.1. The third-order valence-electron chi connectivity index (χ3n) is 2.23. The second kappa shape index (κ2) is 5.15. The van der Waals surface area contributed by atoms with E-state index in [1.165, 1.54) is 18.2 Å². The summed E-state index contributed by atoms with van der Waals surface area (Å²) in [7, 11) is 0. The van der Waals surface area contributed by atoms with Gasteiger partial charge in [-0.25, -0.2) is 9.37 Å². The van der Waals surface area contributed by atoms with Crippen LogP contribution in [-0.2, 0) is 0 Å². The first-order valence-corrected chi connectivity index (χ1v) is 5.90. The minimum Gasteiger partial charge on any atom is -0.438 e. The van der Waals surface area contributed by atoms with Gasteiger partial charge in [0.2, 0.25) is 5.88 Å². The van der Waals surface area contributed by atoms with Crippen molar-refractivity contribution in [2.24, 2.45) is 0 Å². The normalized spacial score (nSPS) is 9.89. The van der Waals surface area contributed by atoms with E-state index in [1.807, 2.05) is 6.07 Å². The topological polar surface area (TPSA) is 45.9 Å². The molecule has 0 amide bonds. The van der Waals surface area contributed by atoms with Crippen LogP contribution in [0.5, 0.6) is 11.6 Å². The molecule has 1 aromatic carbocycles. The smallest absolute Gasteiger partial charge is 0.237 e. The van der Waals surface area contributed by atoms with Crippen LogP contribution in [0.15, 0.2) is 34.8 Å². The standard InChI is InChI=1S/C13H8BrFN2O/c1-8-2-3-9(7-16)13(17-8)18-10-4-5-12(15)11(14)6-10/h2-6H,1H3. The van der Waals surface area contributed by atoms with E-state index >= 15 is 0 Å². The van der Waals surface area contributed by atoms with Gasteiger partial charge in [0, 0.05) is 5.69 Å². The molecule has 2 aromatic rings. The molecule has 3 nitrogen and oxygen atoms in total. The van der Waals surface area contributed by atoms with Crippen LogP contribution in [0.1, 0.15) is 11.3 Å². The zero-order valence-corrected chi connectivity index (χ0v) is 11.0. The van der Waals surface area contributed by atoms with Crippen LogP contribution in [0.25, 0.3) is 0 Å². The van der Waals surface area contributed by atoms with E-state index in [0.717, 1.165) is 5.69 Å². The highest BCUT2D eigenvalue weighted by Crippen LogP contribution is 2.27. The van der Waals surface area contributed by atoms with Crippen molar-refractivity contribution < 1.29 is 9.13 Å². The van der Waals surface area contributed by atoms with Crippen molar-refractivity contribution >= 4 is 15.9 Å². The van der Waals surface area contributed by atoms with Crippen LogP contribution < -0.4 is 4.74 Å². The van der Waals surface area contributed by atoms with E-state index in [4.69, 9.17) is 10.00 Å². The lowest BCUT2D eigenvalue weighted by molar-refractivity contribution is 0.458. The van der Waals surface area contributed by atoms with E-state index < -0.39 is 0 Å². The lowest BCUT2D eigenvalue weighted by atomic mass is 10.2. The maximum absolute atomic E-state index is 13.1. The van der Waals surface area contributed by atoms with Crippen molar-refractivity contribution in [1.29, 1.82) is 5.26 Å². The lowest BCUT2D eigenvalue weighted by Gasteiger charge is -2.07. The summed E-state index contributed by atoms with van der Waals surface area (Å²) in [6, 6.07) is 9.60. The Morgan fingerprint density at radius 1 is 1.33 bits per heavy atom. The van der Waals surface area contributed by atoms with Gasteiger partial charge in [-0.05, 0) is 53.2 Å². The van der Waals surface area contributed by atoms with E-state index in [-0.39, 0.29) is 11.7 Å². The Morgan fingerprint density at radius 3 is 2.78 bits per heavy atom. The van der Waals surface area contributed by atoms with Gasteiger partial charge in [0.1, 0.15) is 23.2 Å². The number of nitriles is 1. The predicted octanol–water partition coefficient (Wildman–Crippen LogP) is 3.96. The van der Waals surface area contributed by atoms with Crippen LogP contribution in [0, 0.1) is 24.1 Å². The number of halogens is 2. The second-order valence-electron chi connectivity index (χ2n) is 3.60. The van der Waals surface area contributed by atoms with E-state index in [1.54, 1.807) is 19.1 Å². The minimum absolute atomic E-state index is 0.219. The molecular weight excluding hydrogens is 299 g/mol. The number of hydrogen-bond acceptors (Lipinski definition) is 3. The van der Waals surface area contributed by atoms with Gasteiger partial charge in [0.05, 0.1) is 4.47 Å². The molecule has 0 spiro atoms. The quantitative estimate of drug-likeness (QED) is 0.843. The van der Waals surface area contributed by atoms with Gasteiger partial charge in [-0.2, -0.15) is 5.26 Å². The Morgan fingerprint density at radius 2 is 2.11 bits per heavy atom. The van der Waals surface area contributed by atoms with Gasteiger partial charge in [-0.1, -0.05) is 0 Å². The van der Waals surface area contributed by atoms with Gasteiger partial charge in [-0.15, -0.1) is 0 Å². The Bertz CT molecular complexity index is 637. The summed E-state index contributed by atoms with van der Waals surface area (Å²) in [5.41, 5.74) is 1.08. The summed E-state index contributed by atoms with van der Waals surface area (Å²) in [4.78, 5) is 4.14. The molecule has 0 atom stereocenters. The van der Waals surface area contributed by atoms with Crippen LogP contribution in [0.4, 0.5) is 4.39 Å². The van der Waals surface area contributed by atoms with Crippen molar-refractivity contribution in [3.8, 4) is 17.7 Å².